The highest BCUT2D eigenvalue weighted by atomic mass is 16.5. The summed E-state index contributed by atoms with van der Waals surface area (Å²) < 4.78 is 7.79. The Labute approximate surface area is 119 Å². The lowest BCUT2D eigenvalue weighted by Gasteiger charge is -2.29. The fourth-order valence-corrected chi connectivity index (χ4v) is 2.56. The van der Waals surface area contributed by atoms with Gasteiger partial charge in [0, 0.05) is 19.5 Å². The largest absolute Gasteiger partial charge is 0.368 e. The zero-order valence-electron chi connectivity index (χ0n) is 12.2. The number of ether oxygens (including phenoxy) is 1. The van der Waals surface area contributed by atoms with Crippen molar-refractivity contribution in [2.45, 2.75) is 52.3 Å². The Balaban J connectivity index is 1.59. The normalized spacial score (nSPS) is 19.8. The molecule has 0 bridgehead atoms. The van der Waals surface area contributed by atoms with Crippen molar-refractivity contribution in [3.8, 4) is 0 Å². The number of aryl methyl sites for hydroxylation is 1. The molecule has 1 aromatic rings. The van der Waals surface area contributed by atoms with Crippen molar-refractivity contribution < 1.29 is 9.53 Å². The predicted octanol–water partition coefficient (Wildman–Crippen LogP) is 0.998. The summed E-state index contributed by atoms with van der Waals surface area (Å²) in [6, 6.07) is 0. The summed E-state index contributed by atoms with van der Waals surface area (Å²) in [7, 11) is 0. The Morgan fingerprint density at radius 1 is 1.40 bits per heavy atom. The fourth-order valence-electron chi connectivity index (χ4n) is 2.56. The van der Waals surface area contributed by atoms with Gasteiger partial charge in [0.2, 0.25) is 0 Å². The maximum Gasteiger partial charge on any atom is 0.251 e. The first kappa shape index (κ1) is 13.5. The summed E-state index contributed by atoms with van der Waals surface area (Å²) in [5.41, 5.74) is 0. The van der Waals surface area contributed by atoms with Crippen molar-refractivity contribution in [3.05, 3.63) is 11.6 Å². The zero-order chi connectivity index (χ0) is 14.1. The van der Waals surface area contributed by atoms with Gasteiger partial charge in [0.15, 0.2) is 5.82 Å². The molecule has 1 fully saturated rings. The van der Waals surface area contributed by atoms with Crippen LogP contribution in [0.4, 0.5) is 0 Å². The number of nitrogens with zero attached hydrogens (tertiary/aromatic N) is 4. The topological polar surface area (TPSA) is 60.2 Å². The molecule has 2 heterocycles. The van der Waals surface area contributed by atoms with Crippen LogP contribution in [0.1, 0.15) is 38.3 Å². The molecule has 1 aromatic heterocycles. The first-order valence-corrected chi connectivity index (χ1v) is 7.50. The van der Waals surface area contributed by atoms with E-state index < -0.39 is 0 Å². The van der Waals surface area contributed by atoms with Crippen LogP contribution in [-0.4, -0.2) is 44.8 Å². The summed E-state index contributed by atoms with van der Waals surface area (Å²) in [6.45, 7) is 6.69. The lowest BCUT2D eigenvalue weighted by Crippen LogP contribution is -2.44. The highest BCUT2D eigenvalue weighted by molar-refractivity contribution is 5.80. The average molecular weight is 278 g/mol. The minimum Gasteiger partial charge on any atom is -0.368 e. The Morgan fingerprint density at radius 3 is 2.90 bits per heavy atom. The maximum absolute atomic E-state index is 12.4. The third-order valence-electron chi connectivity index (χ3n) is 4.08. The van der Waals surface area contributed by atoms with E-state index in [-0.39, 0.29) is 12.0 Å². The minimum absolute atomic E-state index is 0.0675. The average Bonchev–Trinajstić information content (AvgIpc) is 3.21. The van der Waals surface area contributed by atoms with Gasteiger partial charge in [-0.1, -0.05) is 6.92 Å². The number of amides is 1. The Bertz CT molecular complexity index is 495. The Hall–Kier alpha value is -1.43. The number of aromatic nitrogens is 3. The monoisotopic (exact) mass is 278 g/mol. The van der Waals surface area contributed by atoms with Gasteiger partial charge in [-0.15, -0.1) is 10.2 Å². The number of carbonyl (C=O) groups is 1. The highest BCUT2D eigenvalue weighted by Crippen LogP contribution is 2.29. The molecule has 1 atom stereocenters. The molecule has 1 aliphatic carbocycles. The Morgan fingerprint density at radius 2 is 2.20 bits per heavy atom. The zero-order valence-corrected chi connectivity index (χ0v) is 12.2. The van der Waals surface area contributed by atoms with Crippen LogP contribution in [0.2, 0.25) is 0 Å². The fraction of sp³-hybridized carbons (Fsp3) is 0.786. The molecule has 6 nitrogen and oxygen atoms in total. The van der Waals surface area contributed by atoms with E-state index in [1.807, 2.05) is 11.8 Å². The lowest BCUT2D eigenvalue weighted by atomic mass is 10.2. The third-order valence-corrected chi connectivity index (χ3v) is 4.08. The number of rotatable bonds is 5. The highest BCUT2D eigenvalue weighted by Gasteiger charge is 2.29. The quantitative estimate of drug-likeness (QED) is 0.806. The van der Waals surface area contributed by atoms with Crippen LogP contribution >= 0.6 is 0 Å². The van der Waals surface area contributed by atoms with E-state index in [0.29, 0.717) is 19.0 Å². The van der Waals surface area contributed by atoms with Crippen LogP contribution in [0.5, 0.6) is 0 Å². The van der Waals surface area contributed by atoms with E-state index in [4.69, 9.17) is 4.74 Å². The van der Waals surface area contributed by atoms with Crippen LogP contribution in [-0.2, 0) is 29.0 Å². The molecule has 0 unspecified atom stereocenters. The minimum atomic E-state index is -0.351. The van der Waals surface area contributed by atoms with Crippen LogP contribution < -0.4 is 0 Å². The van der Waals surface area contributed by atoms with Crippen molar-refractivity contribution in [2.24, 2.45) is 5.92 Å². The van der Waals surface area contributed by atoms with Gasteiger partial charge in [-0.05, 0) is 25.7 Å². The number of fused-ring (bicyclic) bond motifs is 1. The van der Waals surface area contributed by atoms with Crippen molar-refractivity contribution in [1.29, 1.82) is 0 Å². The summed E-state index contributed by atoms with van der Waals surface area (Å²) in [4.78, 5) is 14.2. The second-order valence-corrected chi connectivity index (χ2v) is 5.72. The van der Waals surface area contributed by atoms with Crippen molar-refractivity contribution in [1.82, 2.24) is 19.7 Å². The van der Waals surface area contributed by atoms with E-state index in [2.05, 4.69) is 21.7 Å². The molecule has 1 aliphatic heterocycles. The van der Waals surface area contributed by atoms with Gasteiger partial charge in [-0.2, -0.15) is 0 Å². The van der Waals surface area contributed by atoms with E-state index in [0.717, 1.165) is 31.2 Å². The molecular formula is C14H22N4O2. The molecule has 0 N–H and O–H groups in total. The molecular weight excluding hydrogens is 256 g/mol. The molecule has 1 amide bonds. The van der Waals surface area contributed by atoms with Gasteiger partial charge in [0.25, 0.3) is 5.91 Å². The number of carbonyl (C=O) groups excluding carboxylic acids is 1. The second kappa shape index (κ2) is 5.52. The molecule has 3 rings (SSSR count). The molecule has 1 saturated carbocycles. The van der Waals surface area contributed by atoms with E-state index in [1.165, 1.54) is 12.8 Å². The summed E-state index contributed by atoms with van der Waals surface area (Å²) in [5, 5.41) is 8.35. The molecule has 0 aromatic carbocycles. The maximum atomic E-state index is 12.4. The molecule has 0 saturated heterocycles. The summed E-state index contributed by atoms with van der Waals surface area (Å²) >= 11 is 0. The molecule has 2 aliphatic rings. The van der Waals surface area contributed by atoms with E-state index in [1.54, 1.807) is 0 Å². The summed E-state index contributed by atoms with van der Waals surface area (Å²) in [6.07, 6.45) is 3.01. The first-order valence-electron chi connectivity index (χ1n) is 7.50. The predicted molar refractivity (Wildman–Crippen MR) is 73.0 cm³/mol. The third kappa shape index (κ3) is 2.70. The smallest absolute Gasteiger partial charge is 0.251 e. The standard InChI is InChI=1S/C14H22N4O2/c1-3-12-15-16-13-8-17(6-7-18(12)13)14(19)10(2)20-9-11-4-5-11/h10-11H,3-9H2,1-2H3/t10-/m0/s1. The van der Waals surface area contributed by atoms with Crippen molar-refractivity contribution >= 4 is 5.91 Å². The van der Waals surface area contributed by atoms with E-state index >= 15 is 0 Å². The molecule has 20 heavy (non-hydrogen) atoms. The van der Waals surface area contributed by atoms with Crippen molar-refractivity contribution in [3.63, 3.8) is 0 Å². The van der Waals surface area contributed by atoms with Crippen LogP contribution in [0, 0.1) is 5.92 Å². The summed E-state index contributed by atoms with van der Waals surface area (Å²) in [5.74, 6) is 2.64. The van der Waals surface area contributed by atoms with Crippen LogP contribution in [0.15, 0.2) is 0 Å². The molecule has 0 radical (unpaired) electrons. The SMILES string of the molecule is CCc1nnc2n1CCN(C(=O)[C@H](C)OCC1CC1)C2. The number of hydrogen-bond donors (Lipinski definition) is 0. The van der Waals surface area contributed by atoms with Crippen LogP contribution in [0.3, 0.4) is 0 Å². The van der Waals surface area contributed by atoms with Gasteiger partial charge >= 0.3 is 0 Å². The van der Waals surface area contributed by atoms with Gasteiger partial charge < -0.3 is 14.2 Å². The first-order chi connectivity index (χ1) is 9.69. The van der Waals surface area contributed by atoms with Gasteiger partial charge in [-0.3, -0.25) is 4.79 Å². The Kier molecular flexibility index (Phi) is 3.74. The molecule has 0 spiro atoms. The lowest BCUT2D eigenvalue weighted by molar-refractivity contribution is -0.144. The molecule has 110 valence electrons. The number of hydrogen-bond acceptors (Lipinski definition) is 4. The van der Waals surface area contributed by atoms with Gasteiger partial charge in [0.1, 0.15) is 11.9 Å². The second-order valence-electron chi connectivity index (χ2n) is 5.72. The van der Waals surface area contributed by atoms with Crippen molar-refractivity contribution in [2.75, 3.05) is 13.2 Å². The van der Waals surface area contributed by atoms with Crippen LogP contribution in [0.25, 0.3) is 0 Å². The van der Waals surface area contributed by atoms with E-state index in [9.17, 15) is 4.79 Å². The van der Waals surface area contributed by atoms with Gasteiger partial charge in [-0.25, -0.2) is 0 Å². The molecule has 6 heteroatoms. The van der Waals surface area contributed by atoms with Gasteiger partial charge in [0.05, 0.1) is 13.2 Å².